The molecule has 4 nitrogen and oxygen atoms in total. The van der Waals surface area contributed by atoms with E-state index in [0.717, 1.165) is 17.3 Å². The van der Waals surface area contributed by atoms with Crippen molar-refractivity contribution in [2.75, 3.05) is 7.05 Å². The molecule has 0 amide bonds. The van der Waals surface area contributed by atoms with Gasteiger partial charge in [0.2, 0.25) is 0 Å². The Bertz CT molecular complexity index is 502. The molecule has 1 fully saturated rings. The zero-order chi connectivity index (χ0) is 12.4. The molecule has 4 heteroatoms. The first-order valence-electron chi connectivity index (χ1n) is 6.52. The molecule has 1 unspecified atom stereocenters. The summed E-state index contributed by atoms with van der Waals surface area (Å²) in [5.41, 5.74) is 2.22. The second-order valence-electron chi connectivity index (χ2n) is 4.93. The van der Waals surface area contributed by atoms with E-state index in [2.05, 4.69) is 27.8 Å². The molecule has 1 aliphatic rings. The van der Waals surface area contributed by atoms with E-state index in [4.69, 9.17) is 0 Å². The summed E-state index contributed by atoms with van der Waals surface area (Å²) in [4.78, 5) is 0. The van der Waals surface area contributed by atoms with Crippen molar-refractivity contribution in [3.05, 3.63) is 42.2 Å². The number of para-hydroxylation sites is 1. The van der Waals surface area contributed by atoms with Crippen LogP contribution in [0.5, 0.6) is 0 Å². The van der Waals surface area contributed by atoms with E-state index in [0.29, 0.717) is 6.04 Å². The van der Waals surface area contributed by atoms with E-state index < -0.39 is 0 Å². The topological polar surface area (TPSA) is 42.7 Å². The Labute approximate surface area is 107 Å². The monoisotopic (exact) mass is 242 g/mol. The number of rotatable bonds is 5. The second-order valence-corrected chi connectivity index (χ2v) is 4.93. The predicted octanol–water partition coefficient (Wildman–Crippen LogP) is 2.33. The van der Waals surface area contributed by atoms with Crippen LogP contribution in [-0.4, -0.2) is 22.0 Å². The Morgan fingerprint density at radius 3 is 2.78 bits per heavy atom. The van der Waals surface area contributed by atoms with E-state index >= 15 is 0 Å². The summed E-state index contributed by atoms with van der Waals surface area (Å²) in [5, 5.41) is 11.7. The first-order chi connectivity index (χ1) is 8.88. The molecular formula is C14H18N4. The van der Waals surface area contributed by atoms with Gasteiger partial charge in [-0.3, -0.25) is 0 Å². The van der Waals surface area contributed by atoms with E-state index in [9.17, 15) is 0 Å². The Hall–Kier alpha value is -1.68. The molecule has 0 saturated heterocycles. The quantitative estimate of drug-likeness (QED) is 0.875. The molecule has 1 aromatic carbocycles. The fraction of sp³-hybridized carbons (Fsp3) is 0.429. The molecule has 0 bridgehead atoms. The number of benzene rings is 1. The van der Waals surface area contributed by atoms with Gasteiger partial charge in [-0.05, 0) is 31.5 Å². The van der Waals surface area contributed by atoms with Crippen LogP contribution in [0.15, 0.2) is 36.5 Å². The molecule has 1 heterocycles. The van der Waals surface area contributed by atoms with E-state index in [1.165, 1.54) is 19.3 Å². The van der Waals surface area contributed by atoms with Crippen LogP contribution in [0.3, 0.4) is 0 Å². The molecule has 0 aliphatic heterocycles. The SMILES string of the molecule is CNC(CC1CC1)c1cnnn1-c1ccccc1. The minimum Gasteiger partial charge on any atom is -0.312 e. The Kier molecular flexibility index (Phi) is 3.11. The van der Waals surface area contributed by atoms with Crippen molar-refractivity contribution in [2.45, 2.75) is 25.3 Å². The summed E-state index contributed by atoms with van der Waals surface area (Å²) in [6.07, 6.45) is 5.78. The third-order valence-corrected chi connectivity index (χ3v) is 3.55. The first kappa shape index (κ1) is 11.4. The summed E-state index contributed by atoms with van der Waals surface area (Å²) >= 11 is 0. The van der Waals surface area contributed by atoms with E-state index in [1.54, 1.807) is 0 Å². The molecule has 0 spiro atoms. The van der Waals surface area contributed by atoms with Gasteiger partial charge >= 0.3 is 0 Å². The van der Waals surface area contributed by atoms with Crippen molar-refractivity contribution < 1.29 is 0 Å². The molecule has 0 radical (unpaired) electrons. The number of nitrogens with zero attached hydrogens (tertiary/aromatic N) is 3. The molecule has 18 heavy (non-hydrogen) atoms. The number of aromatic nitrogens is 3. The minimum absolute atomic E-state index is 0.340. The maximum Gasteiger partial charge on any atom is 0.0815 e. The van der Waals surface area contributed by atoms with Gasteiger partial charge < -0.3 is 5.32 Å². The van der Waals surface area contributed by atoms with Gasteiger partial charge in [0.25, 0.3) is 0 Å². The van der Waals surface area contributed by atoms with Gasteiger partial charge in [0.1, 0.15) is 0 Å². The molecule has 1 N–H and O–H groups in total. The predicted molar refractivity (Wildman–Crippen MR) is 70.5 cm³/mol. The van der Waals surface area contributed by atoms with Crippen molar-refractivity contribution in [3.8, 4) is 5.69 Å². The lowest BCUT2D eigenvalue weighted by Gasteiger charge is -2.16. The zero-order valence-electron chi connectivity index (χ0n) is 10.6. The first-order valence-corrected chi connectivity index (χ1v) is 6.52. The van der Waals surface area contributed by atoms with Crippen LogP contribution >= 0.6 is 0 Å². The highest BCUT2D eigenvalue weighted by Gasteiger charge is 2.27. The smallest absolute Gasteiger partial charge is 0.0815 e. The van der Waals surface area contributed by atoms with Crippen molar-refractivity contribution in [2.24, 2.45) is 5.92 Å². The van der Waals surface area contributed by atoms with Crippen LogP contribution in [0.2, 0.25) is 0 Å². The van der Waals surface area contributed by atoms with Gasteiger partial charge in [0, 0.05) is 0 Å². The number of nitrogens with one attached hydrogen (secondary N) is 1. The average Bonchev–Trinajstić information content (AvgIpc) is 3.11. The Morgan fingerprint density at radius 2 is 2.11 bits per heavy atom. The third kappa shape index (κ3) is 2.29. The summed E-state index contributed by atoms with van der Waals surface area (Å²) in [6, 6.07) is 10.5. The summed E-state index contributed by atoms with van der Waals surface area (Å²) in [5.74, 6) is 0.876. The molecular weight excluding hydrogens is 224 g/mol. The standard InChI is InChI=1S/C14H18N4/c1-15-13(9-11-7-8-11)14-10-16-17-18(14)12-5-3-2-4-6-12/h2-6,10-11,13,15H,7-9H2,1H3. The van der Waals surface area contributed by atoms with Crippen molar-refractivity contribution >= 4 is 0 Å². The number of hydrogen-bond donors (Lipinski definition) is 1. The minimum atomic E-state index is 0.340. The maximum absolute atomic E-state index is 4.21. The molecule has 1 atom stereocenters. The largest absolute Gasteiger partial charge is 0.312 e. The number of hydrogen-bond acceptors (Lipinski definition) is 3. The molecule has 1 aromatic heterocycles. The zero-order valence-corrected chi connectivity index (χ0v) is 10.6. The average molecular weight is 242 g/mol. The van der Waals surface area contributed by atoms with E-state index in [-0.39, 0.29) is 0 Å². The fourth-order valence-electron chi connectivity index (χ4n) is 2.32. The van der Waals surface area contributed by atoms with Gasteiger partial charge in [-0.2, -0.15) is 0 Å². The highest BCUT2D eigenvalue weighted by Crippen LogP contribution is 2.37. The van der Waals surface area contributed by atoms with Crippen molar-refractivity contribution in [1.82, 2.24) is 20.3 Å². The van der Waals surface area contributed by atoms with Crippen molar-refractivity contribution in [3.63, 3.8) is 0 Å². The fourth-order valence-corrected chi connectivity index (χ4v) is 2.32. The van der Waals surface area contributed by atoms with Crippen LogP contribution in [0.1, 0.15) is 31.0 Å². The van der Waals surface area contributed by atoms with E-state index in [1.807, 2.05) is 36.1 Å². The third-order valence-electron chi connectivity index (χ3n) is 3.55. The summed E-state index contributed by atoms with van der Waals surface area (Å²) in [6.45, 7) is 0. The van der Waals surface area contributed by atoms with Gasteiger partial charge in [-0.1, -0.05) is 36.3 Å². The molecule has 94 valence electrons. The summed E-state index contributed by atoms with van der Waals surface area (Å²) < 4.78 is 1.93. The molecule has 1 saturated carbocycles. The van der Waals surface area contributed by atoms with Gasteiger partial charge in [-0.25, -0.2) is 4.68 Å². The van der Waals surface area contributed by atoms with Gasteiger partial charge in [0.15, 0.2) is 0 Å². The van der Waals surface area contributed by atoms with Crippen LogP contribution in [-0.2, 0) is 0 Å². The lowest BCUT2D eigenvalue weighted by molar-refractivity contribution is 0.490. The highest BCUT2D eigenvalue weighted by molar-refractivity contribution is 5.32. The van der Waals surface area contributed by atoms with Crippen molar-refractivity contribution in [1.29, 1.82) is 0 Å². The van der Waals surface area contributed by atoms with Crippen LogP contribution in [0.25, 0.3) is 5.69 Å². The van der Waals surface area contributed by atoms with Crippen LogP contribution in [0, 0.1) is 5.92 Å². The van der Waals surface area contributed by atoms with Gasteiger partial charge in [0.05, 0.1) is 23.6 Å². The Balaban J connectivity index is 1.89. The lowest BCUT2D eigenvalue weighted by atomic mass is 10.1. The maximum atomic E-state index is 4.21. The normalized spacial score (nSPS) is 16.7. The molecule has 3 rings (SSSR count). The highest BCUT2D eigenvalue weighted by atomic mass is 15.4. The second kappa shape index (κ2) is 4.90. The van der Waals surface area contributed by atoms with Crippen LogP contribution < -0.4 is 5.32 Å². The van der Waals surface area contributed by atoms with Gasteiger partial charge in [-0.15, -0.1) is 5.10 Å². The molecule has 2 aromatic rings. The lowest BCUT2D eigenvalue weighted by Crippen LogP contribution is -2.20. The molecule has 1 aliphatic carbocycles. The Morgan fingerprint density at radius 1 is 1.33 bits per heavy atom. The summed E-state index contributed by atoms with van der Waals surface area (Å²) in [7, 11) is 2.01. The van der Waals surface area contributed by atoms with Crippen LogP contribution in [0.4, 0.5) is 0 Å².